The molecule has 0 saturated carbocycles. The van der Waals surface area contributed by atoms with E-state index >= 15 is 0 Å². The summed E-state index contributed by atoms with van der Waals surface area (Å²) in [4.78, 5) is -0.0725. The van der Waals surface area contributed by atoms with Crippen molar-refractivity contribution >= 4 is 15.7 Å². The number of aromatic nitrogens is 1. The van der Waals surface area contributed by atoms with Crippen molar-refractivity contribution in [1.82, 2.24) is 9.88 Å². The fraction of sp³-hybridized carbons (Fsp3) is 0.167. The van der Waals surface area contributed by atoms with Gasteiger partial charge in [-0.2, -0.15) is 5.26 Å². The summed E-state index contributed by atoms with van der Waals surface area (Å²) in [7, 11) is -3.77. The van der Waals surface area contributed by atoms with Crippen molar-refractivity contribution < 1.29 is 12.9 Å². The van der Waals surface area contributed by atoms with Crippen LogP contribution in [0.5, 0.6) is 0 Å². The summed E-state index contributed by atoms with van der Waals surface area (Å²) >= 11 is 0. The molecule has 8 heteroatoms. The molecule has 0 fully saturated rings. The molecule has 104 valence electrons. The van der Waals surface area contributed by atoms with Crippen molar-refractivity contribution in [3.05, 3.63) is 41.3 Å². The molecule has 0 atom stereocenters. The summed E-state index contributed by atoms with van der Waals surface area (Å²) in [6.07, 6.45) is 0. The lowest BCUT2D eigenvalue weighted by molar-refractivity contribution is 0.390. The molecule has 20 heavy (non-hydrogen) atoms. The topological polar surface area (TPSA) is 122 Å². The van der Waals surface area contributed by atoms with Gasteiger partial charge in [-0.05, 0) is 25.1 Å². The van der Waals surface area contributed by atoms with Gasteiger partial charge < -0.3 is 10.3 Å². The molecule has 0 radical (unpaired) electrons. The van der Waals surface area contributed by atoms with Gasteiger partial charge in [-0.3, -0.25) is 0 Å². The van der Waals surface area contributed by atoms with Crippen LogP contribution in [0, 0.1) is 18.3 Å². The molecule has 0 amide bonds. The minimum atomic E-state index is -3.77. The average molecular weight is 292 g/mol. The summed E-state index contributed by atoms with van der Waals surface area (Å²) in [5, 5.41) is 12.4. The third-order valence-corrected chi connectivity index (χ3v) is 4.02. The first kappa shape index (κ1) is 14.0. The van der Waals surface area contributed by atoms with Crippen LogP contribution in [0.3, 0.4) is 0 Å². The van der Waals surface area contributed by atoms with Crippen LogP contribution >= 0.6 is 0 Å². The third-order valence-electron chi connectivity index (χ3n) is 2.55. The van der Waals surface area contributed by atoms with Crippen LogP contribution in [0.4, 0.5) is 5.69 Å². The summed E-state index contributed by atoms with van der Waals surface area (Å²) in [6.45, 7) is 1.71. The number of sulfonamides is 1. The molecule has 2 aromatic rings. The molecule has 0 bridgehead atoms. The van der Waals surface area contributed by atoms with Crippen LogP contribution in [-0.2, 0) is 16.6 Å². The Morgan fingerprint density at radius 1 is 1.45 bits per heavy atom. The van der Waals surface area contributed by atoms with Crippen molar-refractivity contribution in [2.45, 2.75) is 18.4 Å². The Morgan fingerprint density at radius 3 is 2.75 bits per heavy atom. The molecule has 2 rings (SSSR count). The summed E-state index contributed by atoms with van der Waals surface area (Å²) in [5.41, 5.74) is 6.44. The molecule has 3 N–H and O–H groups in total. The van der Waals surface area contributed by atoms with Gasteiger partial charge in [0.2, 0.25) is 10.0 Å². The van der Waals surface area contributed by atoms with Crippen LogP contribution in [-0.4, -0.2) is 13.6 Å². The number of anilines is 1. The molecule has 0 saturated heterocycles. The van der Waals surface area contributed by atoms with Gasteiger partial charge in [0.1, 0.15) is 10.7 Å². The minimum absolute atomic E-state index is 0.000878. The zero-order valence-electron chi connectivity index (χ0n) is 10.6. The Kier molecular flexibility index (Phi) is 3.74. The van der Waals surface area contributed by atoms with E-state index in [1.54, 1.807) is 13.0 Å². The Bertz CT molecular complexity index is 774. The smallest absolute Gasteiger partial charge is 0.242 e. The highest BCUT2D eigenvalue weighted by atomic mass is 32.2. The van der Waals surface area contributed by atoms with Gasteiger partial charge in [0.15, 0.2) is 0 Å². The van der Waals surface area contributed by atoms with E-state index < -0.39 is 10.0 Å². The number of nitrogens with zero attached hydrogens (tertiary/aromatic N) is 2. The van der Waals surface area contributed by atoms with Crippen molar-refractivity contribution in [2.75, 3.05) is 5.73 Å². The van der Waals surface area contributed by atoms with Crippen LogP contribution in [0.15, 0.2) is 33.7 Å². The number of benzene rings is 1. The van der Waals surface area contributed by atoms with E-state index in [-0.39, 0.29) is 17.1 Å². The van der Waals surface area contributed by atoms with Gasteiger partial charge in [0.25, 0.3) is 0 Å². The first-order chi connectivity index (χ1) is 9.42. The van der Waals surface area contributed by atoms with E-state index in [0.717, 1.165) is 0 Å². The number of hydrogen-bond donors (Lipinski definition) is 2. The summed E-state index contributed by atoms with van der Waals surface area (Å²) in [5.74, 6) is 0.595. The van der Waals surface area contributed by atoms with Crippen molar-refractivity contribution in [2.24, 2.45) is 0 Å². The van der Waals surface area contributed by atoms with E-state index in [9.17, 15) is 8.42 Å². The van der Waals surface area contributed by atoms with Gasteiger partial charge in [-0.15, -0.1) is 0 Å². The Labute approximate surface area is 116 Å². The van der Waals surface area contributed by atoms with Crippen LogP contribution < -0.4 is 10.5 Å². The molecular formula is C12H12N4O3S. The van der Waals surface area contributed by atoms with Crippen molar-refractivity contribution in [3.8, 4) is 6.07 Å². The van der Waals surface area contributed by atoms with Gasteiger partial charge in [0.05, 0.1) is 29.6 Å². The van der Waals surface area contributed by atoms with E-state index in [4.69, 9.17) is 15.5 Å². The quantitative estimate of drug-likeness (QED) is 0.808. The molecule has 7 nitrogen and oxygen atoms in total. The SMILES string of the molecule is Cc1cc(CNS(=O)(=O)c2ccc(C#N)cc2N)no1. The minimum Gasteiger partial charge on any atom is -0.398 e. The Hall–Kier alpha value is -2.37. The predicted molar refractivity (Wildman–Crippen MR) is 70.8 cm³/mol. The lowest BCUT2D eigenvalue weighted by atomic mass is 10.2. The highest BCUT2D eigenvalue weighted by molar-refractivity contribution is 7.89. The maximum Gasteiger partial charge on any atom is 0.242 e. The summed E-state index contributed by atoms with van der Waals surface area (Å²) < 4.78 is 31.4. The second-order valence-electron chi connectivity index (χ2n) is 4.12. The second kappa shape index (κ2) is 5.32. The number of aryl methyl sites for hydroxylation is 1. The van der Waals surface area contributed by atoms with E-state index in [1.807, 2.05) is 6.07 Å². The lowest BCUT2D eigenvalue weighted by Crippen LogP contribution is -2.24. The number of rotatable bonds is 4. The van der Waals surface area contributed by atoms with Crippen LogP contribution in [0.1, 0.15) is 17.0 Å². The predicted octanol–water partition coefficient (Wildman–Crippen LogP) is 0.915. The Morgan fingerprint density at radius 2 is 2.20 bits per heavy atom. The molecule has 0 aliphatic heterocycles. The molecule has 0 unspecified atom stereocenters. The van der Waals surface area contributed by atoms with E-state index in [1.165, 1.54) is 18.2 Å². The zero-order valence-corrected chi connectivity index (χ0v) is 11.4. The van der Waals surface area contributed by atoms with Crippen molar-refractivity contribution in [3.63, 3.8) is 0 Å². The standard InChI is InChI=1S/C12H12N4O3S/c1-8-4-10(16-19-8)7-15-20(17,18)12-3-2-9(6-13)5-11(12)14/h2-5,15H,7,14H2,1H3. The lowest BCUT2D eigenvalue weighted by Gasteiger charge is -2.08. The molecule has 1 aromatic heterocycles. The number of nitrogen functional groups attached to an aromatic ring is 1. The molecule has 0 spiro atoms. The highest BCUT2D eigenvalue weighted by Gasteiger charge is 2.18. The molecule has 0 aliphatic rings. The van der Waals surface area contributed by atoms with Gasteiger partial charge in [0, 0.05) is 6.07 Å². The van der Waals surface area contributed by atoms with Gasteiger partial charge >= 0.3 is 0 Å². The fourth-order valence-electron chi connectivity index (χ4n) is 1.61. The van der Waals surface area contributed by atoms with Crippen LogP contribution in [0.25, 0.3) is 0 Å². The second-order valence-corrected chi connectivity index (χ2v) is 5.85. The van der Waals surface area contributed by atoms with Gasteiger partial charge in [-0.25, -0.2) is 13.1 Å². The molecular weight excluding hydrogens is 280 g/mol. The van der Waals surface area contributed by atoms with E-state index in [2.05, 4.69) is 9.88 Å². The maximum atomic E-state index is 12.1. The first-order valence-electron chi connectivity index (χ1n) is 5.64. The molecule has 1 aromatic carbocycles. The van der Waals surface area contributed by atoms with E-state index in [0.29, 0.717) is 17.0 Å². The monoisotopic (exact) mass is 292 g/mol. The first-order valence-corrected chi connectivity index (χ1v) is 7.12. The number of hydrogen-bond acceptors (Lipinski definition) is 6. The zero-order chi connectivity index (χ0) is 14.8. The molecule has 0 aliphatic carbocycles. The summed E-state index contributed by atoms with van der Waals surface area (Å²) in [6, 6.07) is 7.52. The highest BCUT2D eigenvalue weighted by Crippen LogP contribution is 2.19. The average Bonchev–Trinajstić information content (AvgIpc) is 2.82. The largest absolute Gasteiger partial charge is 0.398 e. The number of nitrogens with one attached hydrogen (secondary N) is 1. The molecule has 1 heterocycles. The van der Waals surface area contributed by atoms with Gasteiger partial charge in [-0.1, -0.05) is 5.16 Å². The maximum absolute atomic E-state index is 12.1. The Balaban J connectivity index is 2.20. The fourth-order valence-corrected chi connectivity index (χ4v) is 2.72. The number of nitriles is 1. The van der Waals surface area contributed by atoms with Crippen LogP contribution in [0.2, 0.25) is 0 Å². The number of nitrogens with two attached hydrogens (primary N) is 1. The third kappa shape index (κ3) is 2.96. The van der Waals surface area contributed by atoms with Crippen molar-refractivity contribution in [1.29, 1.82) is 5.26 Å². The normalized spacial score (nSPS) is 11.2.